The maximum Gasteiger partial charge on any atom is 0.267 e. The van der Waals surface area contributed by atoms with Gasteiger partial charge in [-0.1, -0.05) is 23.7 Å². The van der Waals surface area contributed by atoms with Gasteiger partial charge < -0.3 is 15.5 Å². The van der Waals surface area contributed by atoms with Gasteiger partial charge in [0.15, 0.2) is 0 Å². The number of aromatic nitrogens is 1. The molecule has 3 aromatic rings. The fraction of sp³-hybridized carbons (Fsp3) is 0.200. The van der Waals surface area contributed by atoms with Crippen molar-refractivity contribution in [2.24, 2.45) is 0 Å². The van der Waals surface area contributed by atoms with E-state index >= 15 is 0 Å². The largest absolute Gasteiger partial charge is 0.396 e. The van der Waals surface area contributed by atoms with E-state index in [-0.39, 0.29) is 11.7 Å². The quantitative estimate of drug-likeness (QED) is 0.696. The molecule has 1 amide bonds. The third-order valence-electron chi connectivity index (χ3n) is 4.78. The number of anilines is 2. The summed E-state index contributed by atoms with van der Waals surface area (Å²) in [5.41, 5.74) is 8.59. The number of carbonyl (C=O) groups is 1. The summed E-state index contributed by atoms with van der Waals surface area (Å²) < 4.78 is 17.8. The molecule has 2 aromatic carbocycles. The predicted molar refractivity (Wildman–Crippen MR) is 111 cm³/mol. The van der Waals surface area contributed by atoms with E-state index < -0.39 is 0 Å². The highest BCUT2D eigenvalue weighted by molar-refractivity contribution is 7.09. The molecule has 1 aromatic heterocycles. The zero-order valence-corrected chi connectivity index (χ0v) is 16.5. The lowest BCUT2D eigenvalue weighted by Crippen LogP contribution is -2.48. The Bertz CT molecular complexity index is 1000. The monoisotopic (exact) mass is 416 g/mol. The van der Waals surface area contributed by atoms with Gasteiger partial charge >= 0.3 is 0 Å². The molecule has 0 aliphatic carbocycles. The molecule has 4 rings (SSSR count). The summed E-state index contributed by atoms with van der Waals surface area (Å²) in [6.45, 7) is 2.63. The fourth-order valence-electron chi connectivity index (χ4n) is 3.26. The van der Waals surface area contributed by atoms with E-state index in [2.05, 4.69) is 9.27 Å². The van der Waals surface area contributed by atoms with Gasteiger partial charge in [0.1, 0.15) is 16.4 Å². The fourth-order valence-corrected chi connectivity index (χ4v) is 4.17. The van der Waals surface area contributed by atoms with Crippen molar-refractivity contribution < 1.29 is 9.18 Å². The summed E-state index contributed by atoms with van der Waals surface area (Å²) in [6, 6.07) is 13.7. The zero-order valence-electron chi connectivity index (χ0n) is 14.9. The average molecular weight is 417 g/mol. The van der Waals surface area contributed by atoms with E-state index in [1.54, 1.807) is 17.0 Å². The Hall–Kier alpha value is -2.64. The Balaban J connectivity index is 1.46. The smallest absolute Gasteiger partial charge is 0.267 e. The molecule has 1 saturated heterocycles. The first kappa shape index (κ1) is 18.7. The molecular formula is C20H18ClFN4OS. The lowest BCUT2D eigenvalue weighted by molar-refractivity contribution is 0.0752. The van der Waals surface area contributed by atoms with Crippen molar-refractivity contribution in [1.82, 2.24) is 9.27 Å². The summed E-state index contributed by atoms with van der Waals surface area (Å²) in [5.74, 6) is -0.496. The molecule has 1 fully saturated rings. The normalized spacial score (nSPS) is 14.4. The van der Waals surface area contributed by atoms with E-state index in [0.717, 1.165) is 30.3 Å². The number of hydrogen-bond acceptors (Lipinski definition) is 5. The highest BCUT2D eigenvalue weighted by atomic mass is 35.5. The second-order valence-electron chi connectivity index (χ2n) is 6.54. The van der Waals surface area contributed by atoms with Crippen LogP contribution in [0, 0.1) is 5.82 Å². The number of nitrogen functional groups attached to an aromatic ring is 1. The second kappa shape index (κ2) is 7.77. The van der Waals surface area contributed by atoms with E-state index in [4.69, 9.17) is 17.3 Å². The molecule has 144 valence electrons. The molecule has 1 aliphatic heterocycles. The summed E-state index contributed by atoms with van der Waals surface area (Å²) >= 11 is 7.00. The number of carbonyl (C=O) groups excluding carboxylic acids is 1. The van der Waals surface area contributed by atoms with Gasteiger partial charge in [0.2, 0.25) is 0 Å². The first-order valence-electron chi connectivity index (χ1n) is 8.84. The summed E-state index contributed by atoms with van der Waals surface area (Å²) in [4.78, 5) is 17.3. The van der Waals surface area contributed by atoms with Gasteiger partial charge in [-0.05, 0) is 47.9 Å². The molecule has 2 N–H and O–H groups in total. The summed E-state index contributed by atoms with van der Waals surface area (Å²) in [6.07, 6.45) is 0. The Morgan fingerprint density at radius 2 is 1.82 bits per heavy atom. The van der Waals surface area contributed by atoms with Crippen LogP contribution in [0.3, 0.4) is 0 Å². The average Bonchev–Trinajstić information content (AvgIpc) is 3.09. The predicted octanol–water partition coefficient (Wildman–Crippen LogP) is 4.15. The molecule has 28 heavy (non-hydrogen) atoms. The Morgan fingerprint density at radius 3 is 2.50 bits per heavy atom. The number of amides is 1. The topological polar surface area (TPSA) is 62.5 Å². The number of halogens is 2. The number of rotatable bonds is 3. The van der Waals surface area contributed by atoms with Crippen LogP contribution >= 0.6 is 23.1 Å². The minimum Gasteiger partial charge on any atom is -0.396 e. The zero-order chi connectivity index (χ0) is 19.7. The van der Waals surface area contributed by atoms with Crippen LogP contribution in [0.15, 0.2) is 48.5 Å². The lowest BCUT2D eigenvalue weighted by Gasteiger charge is -2.36. The van der Waals surface area contributed by atoms with Crippen LogP contribution in [0.5, 0.6) is 0 Å². The summed E-state index contributed by atoms with van der Waals surface area (Å²) in [7, 11) is 0. The van der Waals surface area contributed by atoms with Gasteiger partial charge in [-0.2, -0.15) is 4.37 Å². The maximum absolute atomic E-state index is 13.5. The molecule has 0 spiro atoms. The van der Waals surface area contributed by atoms with E-state index in [9.17, 15) is 9.18 Å². The molecular weight excluding hydrogens is 399 g/mol. The SMILES string of the molecule is Nc1c(-c2cccc(F)c2)nsc1C(=O)N1CCN(c2ccc(Cl)cc2)CC1. The van der Waals surface area contributed by atoms with Gasteiger partial charge in [0, 0.05) is 42.5 Å². The van der Waals surface area contributed by atoms with Crippen molar-refractivity contribution in [1.29, 1.82) is 0 Å². The number of benzene rings is 2. The van der Waals surface area contributed by atoms with Crippen molar-refractivity contribution in [2.75, 3.05) is 36.8 Å². The third kappa shape index (κ3) is 3.68. The molecule has 5 nitrogen and oxygen atoms in total. The molecule has 1 aliphatic rings. The molecule has 0 radical (unpaired) electrons. The van der Waals surface area contributed by atoms with Crippen molar-refractivity contribution in [2.45, 2.75) is 0 Å². The van der Waals surface area contributed by atoms with Crippen LogP contribution in [-0.4, -0.2) is 41.4 Å². The van der Waals surface area contributed by atoms with Gasteiger partial charge in [0.05, 0.1) is 5.69 Å². The molecule has 0 unspecified atom stereocenters. The van der Waals surface area contributed by atoms with Crippen molar-refractivity contribution in [3.05, 3.63) is 64.2 Å². The third-order valence-corrected chi connectivity index (χ3v) is 5.88. The van der Waals surface area contributed by atoms with Crippen LogP contribution in [-0.2, 0) is 0 Å². The first-order valence-corrected chi connectivity index (χ1v) is 9.99. The van der Waals surface area contributed by atoms with Crippen molar-refractivity contribution in [3.63, 3.8) is 0 Å². The van der Waals surface area contributed by atoms with Gasteiger partial charge in [-0.25, -0.2) is 4.39 Å². The van der Waals surface area contributed by atoms with Crippen molar-refractivity contribution >= 4 is 40.4 Å². The number of piperazine rings is 1. The molecule has 8 heteroatoms. The van der Waals surface area contributed by atoms with Gasteiger partial charge in [-0.15, -0.1) is 0 Å². The maximum atomic E-state index is 13.5. The van der Waals surface area contributed by atoms with E-state index in [1.807, 2.05) is 24.3 Å². The van der Waals surface area contributed by atoms with Crippen LogP contribution in [0.25, 0.3) is 11.3 Å². The standard InChI is InChI=1S/C20H18ClFN4OS/c21-14-4-6-16(7-5-14)25-8-10-26(11-9-25)20(27)19-17(23)18(24-28-19)13-2-1-3-15(22)12-13/h1-7,12H,8-11,23H2. The summed E-state index contributed by atoms with van der Waals surface area (Å²) in [5, 5.41) is 0.701. The number of hydrogen-bond donors (Lipinski definition) is 1. The highest BCUT2D eigenvalue weighted by Crippen LogP contribution is 2.32. The van der Waals surface area contributed by atoms with Gasteiger partial charge in [0.25, 0.3) is 5.91 Å². The Labute approximate surface area is 171 Å². The minimum absolute atomic E-state index is 0.131. The van der Waals surface area contributed by atoms with Crippen LogP contribution in [0.4, 0.5) is 15.8 Å². The first-order chi connectivity index (χ1) is 13.5. The highest BCUT2D eigenvalue weighted by Gasteiger charge is 2.27. The lowest BCUT2D eigenvalue weighted by atomic mass is 10.1. The van der Waals surface area contributed by atoms with Crippen molar-refractivity contribution in [3.8, 4) is 11.3 Å². The molecule has 0 saturated carbocycles. The van der Waals surface area contributed by atoms with Gasteiger partial charge in [-0.3, -0.25) is 4.79 Å². The van der Waals surface area contributed by atoms with E-state index in [1.165, 1.54) is 12.1 Å². The Kier molecular flexibility index (Phi) is 5.19. The molecule has 0 bridgehead atoms. The second-order valence-corrected chi connectivity index (χ2v) is 7.75. The van der Waals surface area contributed by atoms with Crippen LogP contribution in [0.2, 0.25) is 5.02 Å². The molecule has 0 atom stereocenters. The molecule has 2 heterocycles. The van der Waals surface area contributed by atoms with Crippen LogP contribution < -0.4 is 10.6 Å². The number of nitrogens with two attached hydrogens (primary N) is 1. The minimum atomic E-state index is -0.365. The van der Waals surface area contributed by atoms with Crippen LogP contribution in [0.1, 0.15) is 9.67 Å². The Morgan fingerprint density at radius 1 is 1.11 bits per heavy atom. The van der Waals surface area contributed by atoms with E-state index in [0.29, 0.717) is 39.9 Å². The number of nitrogens with zero attached hydrogens (tertiary/aromatic N) is 3.